The topological polar surface area (TPSA) is 109 Å². The Labute approximate surface area is 191 Å². The van der Waals surface area contributed by atoms with Crippen LogP contribution < -0.4 is 0 Å². The van der Waals surface area contributed by atoms with E-state index < -0.39 is 43.7 Å². The summed E-state index contributed by atoms with van der Waals surface area (Å²) in [6.45, 7) is -0.861. The zero-order valence-corrected chi connectivity index (χ0v) is 17.9. The van der Waals surface area contributed by atoms with Crippen molar-refractivity contribution in [2.75, 3.05) is 6.61 Å². The van der Waals surface area contributed by atoms with Gasteiger partial charge in [-0.15, -0.1) is 0 Å². The molecule has 0 bridgehead atoms. The average Bonchev–Trinajstić information content (AvgIpc) is 3.31. The van der Waals surface area contributed by atoms with E-state index in [1.54, 1.807) is 22.9 Å². The number of aliphatic hydroxyl groups is 3. The molecule has 12 heteroatoms. The third-order valence-electron chi connectivity index (χ3n) is 5.26. The van der Waals surface area contributed by atoms with Crippen molar-refractivity contribution in [2.45, 2.75) is 43.5 Å². The van der Waals surface area contributed by atoms with Gasteiger partial charge in [0.05, 0.1) is 10.0 Å². The minimum Gasteiger partial charge on any atom is -0.388 e. The maximum atomic E-state index is 12.3. The lowest BCUT2D eigenvalue weighted by atomic mass is 9.99. The second kappa shape index (κ2) is 9.42. The molecule has 2 aromatic rings. The molecule has 3 N–H and O–H groups in total. The van der Waals surface area contributed by atoms with Crippen LogP contribution in [0, 0.1) is 0 Å². The van der Waals surface area contributed by atoms with E-state index >= 15 is 0 Å². The van der Waals surface area contributed by atoms with Crippen molar-refractivity contribution in [3.63, 3.8) is 0 Å². The molecule has 1 aromatic carbocycles. The summed E-state index contributed by atoms with van der Waals surface area (Å²) in [6, 6.07) is 6.14. The van der Waals surface area contributed by atoms with Crippen LogP contribution in [0.4, 0.5) is 8.78 Å². The second-order valence-corrected chi connectivity index (χ2v) is 8.11. The largest absolute Gasteiger partial charge is 0.388 e. The number of amidine groups is 1. The van der Waals surface area contributed by atoms with E-state index in [4.69, 9.17) is 27.9 Å². The van der Waals surface area contributed by atoms with E-state index in [2.05, 4.69) is 15.0 Å². The van der Waals surface area contributed by atoms with Gasteiger partial charge in [0, 0.05) is 30.1 Å². The Hall–Kier alpha value is -2.08. The van der Waals surface area contributed by atoms with Crippen molar-refractivity contribution in [1.29, 1.82) is 0 Å². The van der Waals surface area contributed by atoms with Crippen LogP contribution in [0.25, 0.3) is 0 Å². The van der Waals surface area contributed by atoms with Crippen molar-refractivity contribution in [3.8, 4) is 0 Å². The van der Waals surface area contributed by atoms with Crippen LogP contribution in [-0.2, 0) is 16.0 Å². The zero-order valence-electron chi connectivity index (χ0n) is 16.4. The predicted octanol–water partition coefficient (Wildman–Crippen LogP) is 2.72. The van der Waals surface area contributed by atoms with Gasteiger partial charge in [0.15, 0.2) is 18.7 Å². The maximum absolute atomic E-state index is 12.3. The standard InChI is InChI=1S/C20H19Cl2F2N3O5/c21-11-2-1-9(7-12(11)22)15(28)18-16(29)17(30)20(32-18)27-6-4-10-13(27)3-5-25-19(10)26-31-8-14(23)24/h1-2,4-7,14-18,20,28-30H,3,8H2/b26-19-/t15-,16+,17-,18-,20-/m1/s1. The predicted molar refractivity (Wildman–Crippen MR) is 112 cm³/mol. The zero-order chi connectivity index (χ0) is 23.0. The number of hydrogen-bond donors (Lipinski definition) is 3. The summed E-state index contributed by atoms with van der Waals surface area (Å²) >= 11 is 11.9. The number of ether oxygens (including phenoxy) is 1. The normalized spacial score (nSPS) is 27.2. The summed E-state index contributed by atoms with van der Waals surface area (Å²) < 4.78 is 32.0. The number of halogens is 4. The van der Waals surface area contributed by atoms with Gasteiger partial charge < -0.3 is 29.5 Å². The molecular weight excluding hydrogens is 471 g/mol. The quantitative estimate of drug-likeness (QED) is 0.540. The molecular formula is C20H19Cl2F2N3O5. The number of aromatic nitrogens is 1. The summed E-state index contributed by atoms with van der Waals surface area (Å²) in [5, 5.41) is 36.1. The molecule has 4 rings (SSSR count). The Morgan fingerprint density at radius 1 is 1.22 bits per heavy atom. The fourth-order valence-corrected chi connectivity index (χ4v) is 4.02. The Kier molecular flexibility index (Phi) is 6.80. The lowest BCUT2D eigenvalue weighted by Gasteiger charge is -2.22. The number of nitrogens with zero attached hydrogens (tertiary/aromatic N) is 3. The van der Waals surface area contributed by atoms with Gasteiger partial charge in [-0.25, -0.2) is 13.8 Å². The number of aliphatic imine (C=N–C) groups is 1. The monoisotopic (exact) mass is 489 g/mol. The molecule has 2 aliphatic heterocycles. The van der Waals surface area contributed by atoms with Crippen LogP contribution in [0.3, 0.4) is 0 Å². The van der Waals surface area contributed by atoms with Gasteiger partial charge >= 0.3 is 0 Å². The summed E-state index contributed by atoms with van der Waals surface area (Å²) in [6.07, 6.45) is -5.43. The third-order valence-corrected chi connectivity index (χ3v) is 6.00. The van der Waals surface area contributed by atoms with Crippen molar-refractivity contribution in [2.24, 2.45) is 10.1 Å². The SMILES string of the molecule is O[C@@H]1[C@H](O)[C@@H]([C@H](O)c2ccc(Cl)c(Cl)c2)O[C@H]1n1ccc2c1CC=N/C2=N\OCC(F)F. The number of alkyl halides is 2. The van der Waals surface area contributed by atoms with Crippen LogP contribution in [0.15, 0.2) is 40.6 Å². The van der Waals surface area contributed by atoms with Crippen molar-refractivity contribution < 1.29 is 33.7 Å². The van der Waals surface area contributed by atoms with Crippen LogP contribution in [0.2, 0.25) is 10.0 Å². The lowest BCUT2D eigenvalue weighted by Crippen LogP contribution is -2.35. The Morgan fingerprint density at radius 2 is 2.00 bits per heavy atom. The van der Waals surface area contributed by atoms with E-state index in [0.717, 1.165) is 0 Å². The van der Waals surface area contributed by atoms with Crippen molar-refractivity contribution >= 4 is 35.3 Å². The molecule has 0 radical (unpaired) electrons. The number of hydrogen-bond acceptors (Lipinski definition) is 6. The molecule has 0 aliphatic carbocycles. The van der Waals surface area contributed by atoms with E-state index in [0.29, 0.717) is 28.3 Å². The van der Waals surface area contributed by atoms with E-state index in [1.807, 2.05) is 0 Å². The number of oxime groups is 1. The first kappa shape index (κ1) is 23.1. The highest BCUT2D eigenvalue weighted by Gasteiger charge is 2.47. The van der Waals surface area contributed by atoms with Gasteiger partial charge in [-0.2, -0.15) is 0 Å². The fourth-order valence-electron chi connectivity index (χ4n) is 3.72. The van der Waals surface area contributed by atoms with Crippen molar-refractivity contribution in [3.05, 3.63) is 57.3 Å². The molecule has 2 aliphatic rings. The molecule has 0 spiro atoms. The highest BCUT2D eigenvalue weighted by molar-refractivity contribution is 6.42. The lowest BCUT2D eigenvalue weighted by molar-refractivity contribution is -0.0864. The van der Waals surface area contributed by atoms with Gasteiger partial charge in [-0.1, -0.05) is 34.4 Å². The molecule has 1 aromatic heterocycles. The fraction of sp³-hybridized carbons (Fsp3) is 0.400. The summed E-state index contributed by atoms with van der Waals surface area (Å²) in [5.74, 6) is 0.103. The molecule has 0 saturated carbocycles. The van der Waals surface area contributed by atoms with Crippen LogP contribution in [-0.4, -0.2) is 63.3 Å². The first-order valence-electron chi connectivity index (χ1n) is 9.63. The molecule has 1 saturated heterocycles. The number of rotatable bonds is 6. The van der Waals surface area contributed by atoms with E-state index in [9.17, 15) is 24.1 Å². The second-order valence-electron chi connectivity index (χ2n) is 7.29. The molecule has 8 nitrogen and oxygen atoms in total. The Morgan fingerprint density at radius 3 is 2.72 bits per heavy atom. The molecule has 172 valence electrons. The smallest absolute Gasteiger partial charge is 0.274 e. The molecule has 0 amide bonds. The van der Waals surface area contributed by atoms with Gasteiger partial charge in [0.2, 0.25) is 0 Å². The highest BCUT2D eigenvalue weighted by Crippen LogP contribution is 2.38. The maximum Gasteiger partial charge on any atom is 0.274 e. The molecule has 32 heavy (non-hydrogen) atoms. The first-order valence-corrected chi connectivity index (χ1v) is 10.4. The Bertz CT molecular complexity index is 1050. The minimum absolute atomic E-state index is 0.103. The van der Waals surface area contributed by atoms with Crippen LogP contribution in [0.5, 0.6) is 0 Å². The van der Waals surface area contributed by atoms with Gasteiger partial charge in [-0.3, -0.25) is 0 Å². The van der Waals surface area contributed by atoms with E-state index in [1.165, 1.54) is 18.3 Å². The van der Waals surface area contributed by atoms with Crippen molar-refractivity contribution in [1.82, 2.24) is 4.57 Å². The van der Waals surface area contributed by atoms with Gasteiger partial charge in [0.1, 0.15) is 24.4 Å². The molecule has 0 unspecified atom stereocenters. The average molecular weight is 490 g/mol. The first-order chi connectivity index (χ1) is 15.3. The van der Waals surface area contributed by atoms with Gasteiger partial charge in [-0.05, 0) is 23.8 Å². The molecule has 1 fully saturated rings. The van der Waals surface area contributed by atoms with Gasteiger partial charge in [0.25, 0.3) is 6.43 Å². The molecule has 5 atom stereocenters. The molecule has 3 heterocycles. The third kappa shape index (κ3) is 4.39. The number of aliphatic hydroxyl groups excluding tert-OH is 3. The minimum atomic E-state index is -2.67. The van der Waals surface area contributed by atoms with Crippen LogP contribution in [0.1, 0.15) is 29.2 Å². The number of fused-ring (bicyclic) bond motifs is 1. The number of benzene rings is 1. The Balaban J connectivity index is 1.56. The van der Waals surface area contributed by atoms with E-state index in [-0.39, 0.29) is 10.9 Å². The highest BCUT2D eigenvalue weighted by atomic mass is 35.5. The summed E-state index contributed by atoms with van der Waals surface area (Å²) in [4.78, 5) is 8.69. The summed E-state index contributed by atoms with van der Waals surface area (Å²) in [5.41, 5.74) is 1.50. The summed E-state index contributed by atoms with van der Waals surface area (Å²) in [7, 11) is 0. The van der Waals surface area contributed by atoms with Crippen LogP contribution >= 0.6 is 23.2 Å².